The van der Waals surface area contributed by atoms with Crippen LogP contribution in [0.25, 0.3) is 5.82 Å². The molecule has 0 atom stereocenters. The van der Waals surface area contributed by atoms with Gasteiger partial charge in [0.25, 0.3) is 0 Å². The first-order chi connectivity index (χ1) is 10.7. The third-order valence-corrected chi connectivity index (χ3v) is 3.06. The van der Waals surface area contributed by atoms with Crippen molar-refractivity contribution < 1.29 is 27.5 Å². The van der Waals surface area contributed by atoms with Crippen LogP contribution in [0.1, 0.15) is 28.7 Å². The summed E-state index contributed by atoms with van der Waals surface area (Å²) < 4.78 is 53.8. The second-order valence-electron chi connectivity index (χ2n) is 4.49. The number of nitrogens with one attached hydrogen (secondary N) is 1. The highest BCUT2D eigenvalue weighted by atomic mass is 19.4. The molecule has 23 heavy (non-hydrogen) atoms. The molecule has 0 bridgehead atoms. The van der Waals surface area contributed by atoms with Gasteiger partial charge in [-0.1, -0.05) is 6.92 Å². The Bertz CT molecular complexity index is 755. The van der Waals surface area contributed by atoms with Crippen LogP contribution in [0.4, 0.5) is 23.4 Å². The minimum absolute atomic E-state index is 0.0161. The zero-order chi connectivity index (χ0) is 17.4. The van der Waals surface area contributed by atoms with E-state index in [1.807, 2.05) is 0 Å². The first kappa shape index (κ1) is 16.7. The van der Waals surface area contributed by atoms with Crippen molar-refractivity contribution in [3.63, 3.8) is 0 Å². The normalized spacial score (nSPS) is 11.6. The number of anilines is 1. The third kappa shape index (κ3) is 2.96. The molecule has 0 amide bonds. The van der Waals surface area contributed by atoms with Crippen molar-refractivity contribution in [3.8, 4) is 5.82 Å². The van der Waals surface area contributed by atoms with Crippen LogP contribution in [-0.2, 0) is 12.6 Å². The van der Waals surface area contributed by atoms with E-state index in [1.165, 1.54) is 14.0 Å². The van der Waals surface area contributed by atoms with Crippen molar-refractivity contribution in [2.24, 2.45) is 0 Å². The fourth-order valence-corrected chi connectivity index (χ4v) is 2.09. The fraction of sp³-hybridized carbons (Fsp3) is 0.308. The molecule has 6 nitrogen and oxygen atoms in total. The van der Waals surface area contributed by atoms with E-state index in [4.69, 9.17) is 5.11 Å². The highest BCUT2D eigenvalue weighted by Gasteiger charge is 2.42. The largest absolute Gasteiger partial charge is 0.478 e. The van der Waals surface area contributed by atoms with Crippen LogP contribution in [0.3, 0.4) is 0 Å². The number of pyridine rings is 1. The summed E-state index contributed by atoms with van der Waals surface area (Å²) in [6, 6.07) is 1.91. The van der Waals surface area contributed by atoms with E-state index in [2.05, 4.69) is 15.4 Å². The summed E-state index contributed by atoms with van der Waals surface area (Å²) in [5, 5.41) is 15.2. The molecule has 2 aromatic heterocycles. The number of aryl methyl sites for hydroxylation is 1. The predicted octanol–water partition coefficient (Wildman–Crippen LogP) is 2.73. The van der Waals surface area contributed by atoms with Crippen LogP contribution in [-0.4, -0.2) is 32.9 Å². The van der Waals surface area contributed by atoms with Crippen molar-refractivity contribution in [3.05, 3.63) is 34.9 Å². The number of alkyl halides is 3. The number of halogens is 4. The van der Waals surface area contributed by atoms with Gasteiger partial charge in [0, 0.05) is 7.05 Å². The van der Waals surface area contributed by atoms with Crippen LogP contribution in [0, 0.1) is 5.82 Å². The highest BCUT2D eigenvalue weighted by Crippen LogP contribution is 2.35. The van der Waals surface area contributed by atoms with Gasteiger partial charge in [-0.25, -0.2) is 18.9 Å². The van der Waals surface area contributed by atoms with Gasteiger partial charge in [0.05, 0.1) is 5.69 Å². The van der Waals surface area contributed by atoms with Gasteiger partial charge in [-0.05, 0) is 18.6 Å². The Balaban J connectivity index is 2.79. The molecule has 0 aromatic carbocycles. The minimum atomic E-state index is -4.97. The van der Waals surface area contributed by atoms with Gasteiger partial charge >= 0.3 is 12.1 Å². The monoisotopic (exact) mass is 332 g/mol. The SMILES string of the molecule is CCc1nn(-c2ccc(F)c(NC)n2)c(C(F)(F)F)c1C(=O)O. The number of aromatic nitrogens is 3. The molecule has 124 valence electrons. The summed E-state index contributed by atoms with van der Waals surface area (Å²) in [7, 11) is 1.35. The Morgan fingerprint density at radius 1 is 1.39 bits per heavy atom. The van der Waals surface area contributed by atoms with Gasteiger partial charge in [0.2, 0.25) is 0 Å². The smallest absolute Gasteiger partial charge is 0.434 e. The van der Waals surface area contributed by atoms with E-state index >= 15 is 0 Å². The van der Waals surface area contributed by atoms with Gasteiger partial charge in [-0.3, -0.25) is 0 Å². The maximum atomic E-state index is 13.4. The molecule has 0 unspecified atom stereocenters. The number of hydrogen-bond donors (Lipinski definition) is 2. The molecular formula is C13H12F4N4O2. The van der Waals surface area contributed by atoms with E-state index in [-0.39, 0.29) is 23.8 Å². The average Bonchev–Trinajstić information content (AvgIpc) is 2.87. The standard InChI is InChI=1S/C13H12F4N4O2/c1-3-7-9(12(22)23)10(13(15,16)17)21(20-7)8-5-4-6(14)11(18-2)19-8/h4-5H,3H2,1-2H3,(H,18,19)(H,22,23). The molecule has 0 aliphatic heterocycles. The summed E-state index contributed by atoms with van der Waals surface area (Å²) in [5.41, 5.74) is -2.62. The van der Waals surface area contributed by atoms with Gasteiger partial charge < -0.3 is 10.4 Å². The van der Waals surface area contributed by atoms with Gasteiger partial charge in [0.1, 0.15) is 5.56 Å². The van der Waals surface area contributed by atoms with E-state index in [1.54, 1.807) is 0 Å². The number of carboxylic acids is 1. The van der Waals surface area contributed by atoms with Crippen molar-refractivity contribution >= 4 is 11.8 Å². The predicted molar refractivity (Wildman–Crippen MR) is 72.2 cm³/mol. The first-order valence-corrected chi connectivity index (χ1v) is 6.47. The van der Waals surface area contributed by atoms with Gasteiger partial charge in [-0.2, -0.15) is 18.3 Å². The van der Waals surface area contributed by atoms with Gasteiger partial charge in [0.15, 0.2) is 23.1 Å². The topological polar surface area (TPSA) is 80.0 Å². The molecular weight excluding hydrogens is 320 g/mol. The minimum Gasteiger partial charge on any atom is -0.478 e. The number of aromatic carboxylic acids is 1. The second kappa shape index (κ2) is 5.86. The molecule has 0 aliphatic carbocycles. The molecule has 0 saturated carbocycles. The fourth-order valence-electron chi connectivity index (χ4n) is 2.09. The molecule has 10 heteroatoms. The van der Waals surface area contributed by atoms with Crippen LogP contribution < -0.4 is 5.32 Å². The molecule has 0 spiro atoms. The quantitative estimate of drug-likeness (QED) is 0.842. The zero-order valence-corrected chi connectivity index (χ0v) is 12.1. The summed E-state index contributed by atoms with van der Waals surface area (Å²) in [5.74, 6) is -3.12. The number of hydrogen-bond acceptors (Lipinski definition) is 4. The van der Waals surface area contributed by atoms with Crippen molar-refractivity contribution in [2.75, 3.05) is 12.4 Å². The summed E-state index contributed by atoms with van der Waals surface area (Å²) in [4.78, 5) is 14.9. The van der Waals surface area contributed by atoms with Crippen LogP contribution in [0.2, 0.25) is 0 Å². The Kier molecular flexibility index (Phi) is 4.26. The average molecular weight is 332 g/mol. The summed E-state index contributed by atoms with van der Waals surface area (Å²) in [6.07, 6.45) is -4.98. The molecule has 2 aromatic rings. The van der Waals surface area contributed by atoms with Crippen molar-refractivity contribution in [1.29, 1.82) is 0 Å². The molecule has 2 N–H and O–H groups in total. The molecule has 0 aliphatic rings. The first-order valence-electron chi connectivity index (χ1n) is 6.47. The maximum Gasteiger partial charge on any atom is 0.434 e. The Morgan fingerprint density at radius 3 is 2.52 bits per heavy atom. The van der Waals surface area contributed by atoms with E-state index < -0.39 is 29.2 Å². The Morgan fingerprint density at radius 2 is 2.04 bits per heavy atom. The number of carbonyl (C=O) groups is 1. The lowest BCUT2D eigenvalue weighted by atomic mass is 10.1. The molecule has 0 fully saturated rings. The zero-order valence-electron chi connectivity index (χ0n) is 12.1. The van der Waals surface area contributed by atoms with Crippen LogP contribution in [0.5, 0.6) is 0 Å². The maximum absolute atomic E-state index is 13.4. The molecule has 2 rings (SSSR count). The Labute approximate surface area is 127 Å². The van der Waals surface area contributed by atoms with Crippen LogP contribution >= 0.6 is 0 Å². The van der Waals surface area contributed by atoms with E-state index in [0.717, 1.165) is 12.1 Å². The van der Waals surface area contributed by atoms with Gasteiger partial charge in [-0.15, -0.1) is 0 Å². The van der Waals surface area contributed by atoms with Crippen molar-refractivity contribution in [1.82, 2.24) is 14.8 Å². The number of nitrogens with zero attached hydrogens (tertiary/aromatic N) is 3. The molecule has 0 saturated heterocycles. The highest BCUT2D eigenvalue weighted by molar-refractivity contribution is 5.90. The van der Waals surface area contributed by atoms with Crippen LogP contribution in [0.15, 0.2) is 12.1 Å². The third-order valence-electron chi connectivity index (χ3n) is 3.06. The lowest BCUT2D eigenvalue weighted by Crippen LogP contribution is -2.18. The van der Waals surface area contributed by atoms with E-state index in [9.17, 15) is 22.4 Å². The second-order valence-corrected chi connectivity index (χ2v) is 4.49. The van der Waals surface area contributed by atoms with E-state index in [0.29, 0.717) is 4.68 Å². The molecule has 2 heterocycles. The number of rotatable bonds is 4. The summed E-state index contributed by atoms with van der Waals surface area (Å²) >= 11 is 0. The molecule has 0 radical (unpaired) electrons. The van der Waals surface area contributed by atoms with Crippen molar-refractivity contribution in [2.45, 2.75) is 19.5 Å². The lowest BCUT2D eigenvalue weighted by molar-refractivity contribution is -0.143. The number of carboxylic acid groups (broad SMARTS) is 1. The Hall–Kier alpha value is -2.65. The lowest BCUT2D eigenvalue weighted by Gasteiger charge is -2.11. The summed E-state index contributed by atoms with van der Waals surface area (Å²) in [6.45, 7) is 1.48.